The summed E-state index contributed by atoms with van der Waals surface area (Å²) in [5, 5.41) is 3.38. The Kier molecular flexibility index (Phi) is 6.36. The second kappa shape index (κ2) is 8.73. The molecule has 1 aliphatic rings. The van der Waals surface area contributed by atoms with E-state index >= 15 is 0 Å². The number of benzene rings is 2. The molecule has 0 radical (unpaired) electrons. The molecule has 0 spiro atoms. The Morgan fingerprint density at radius 1 is 0.926 bits per heavy atom. The molecule has 0 fully saturated rings. The summed E-state index contributed by atoms with van der Waals surface area (Å²) in [6.45, 7) is 5.92. The summed E-state index contributed by atoms with van der Waals surface area (Å²) in [6, 6.07) is 13.3. The molecule has 27 heavy (non-hydrogen) atoms. The van der Waals surface area contributed by atoms with Gasteiger partial charge in [0.25, 0.3) is 0 Å². The Bertz CT molecular complexity index is 881. The van der Waals surface area contributed by atoms with Gasteiger partial charge in [0.1, 0.15) is 13.2 Å². The van der Waals surface area contributed by atoms with Gasteiger partial charge in [0.15, 0.2) is 11.5 Å². The number of sulfonamides is 1. The van der Waals surface area contributed by atoms with Gasteiger partial charge in [-0.25, -0.2) is 13.1 Å². The van der Waals surface area contributed by atoms with Crippen molar-refractivity contribution in [2.24, 2.45) is 0 Å². The van der Waals surface area contributed by atoms with Crippen molar-refractivity contribution in [3.8, 4) is 11.5 Å². The zero-order valence-corrected chi connectivity index (χ0v) is 16.5. The van der Waals surface area contributed by atoms with Gasteiger partial charge < -0.3 is 14.8 Å². The van der Waals surface area contributed by atoms with Crippen LogP contribution in [-0.4, -0.2) is 27.7 Å². The molecule has 3 rings (SSSR count). The number of para-hydroxylation sites is 1. The van der Waals surface area contributed by atoms with Crippen molar-refractivity contribution >= 4 is 10.0 Å². The maximum absolute atomic E-state index is 12.3. The van der Waals surface area contributed by atoms with Crippen LogP contribution in [0, 0.1) is 0 Å². The Morgan fingerprint density at radius 3 is 2.37 bits per heavy atom. The molecule has 0 unspecified atom stereocenters. The summed E-state index contributed by atoms with van der Waals surface area (Å²) in [5.74, 6) is 1.53. The molecular weight excluding hydrogens is 364 g/mol. The molecule has 0 bridgehead atoms. The Morgan fingerprint density at radius 2 is 1.59 bits per heavy atom. The molecule has 2 N–H and O–H groups in total. The minimum absolute atomic E-state index is 0.0271. The fraction of sp³-hybridized carbons (Fsp3) is 0.400. The molecule has 0 aliphatic carbocycles. The van der Waals surface area contributed by atoms with Crippen LogP contribution in [0.1, 0.15) is 30.5 Å². The van der Waals surface area contributed by atoms with Gasteiger partial charge in [0.2, 0.25) is 10.0 Å². The lowest BCUT2D eigenvalue weighted by Crippen LogP contribution is -2.31. The number of hydrogen-bond acceptors (Lipinski definition) is 5. The van der Waals surface area contributed by atoms with E-state index in [-0.39, 0.29) is 11.8 Å². The van der Waals surface area contributed by atoms with Crippen LogP contribution >= 0.6 is 0 Å². The number of hydrogen-bond donors (Lipinski definition) is 2. The van der Waals surface area contributed by atoms with E-state index in [9.17, 15) is 8.42 Å². The molecule has 6 nitrogen and oxygen atoms in total. The van der Waals surface area contributed by atoms with Gasteiger partial charge in [0, 0.05) is 24.7 Å². The third-order valence-corrected chi connectivity index (χ3v) is 5.68. The monoisotopic (exact) mass is 390 g/mol. The van der Waals surface area contributed by atoms with Crippen LogP contribution in [0.4, 0.5) is 0 Å². The van der Waals surface area contributed by atoms with Crippen molar-refractivity contribution in [1.29, 1.82) is 0 Å². The molecule has 0 amide bonds. The molecule has 2 aromatic rings. The number of fused-ring (bicyclic) bond motifs is 1. The van der Waals surface area contributed by atoms with Gasteiger partial charge in [0.05, 0.1) is 5.75 Å². The molecule has 0 atom stereocenters. The highest BCUT2D eigenvalue weighted by molar-refractivity contribution is 7.88. The molecule has 2 aromatic carbocycles. The standard InChI is InChI=1S/C20H26N2O4S/c1-15(2)22-27(23,24)14-18-7-4-3-6-16(18)12-21-13-17-8-5-9-19-20(17)26-11-10-25-19/h3-9,15,21-22H,10-14H2,1-2H3. The first-order valence-corrected chi connectivity index (χ1v) is 10.7. The minimum atomic E-state index is -3.36. The molecule has 146 valence electrons. The van der Waals surface area contributed by atoms with Crippen molar-refractivity contribution < 1.29 is 17.9 Å². The highest BCUT2D eigenvalue weighted by Crippen LogP contribution is 2.33. The van der Waals surface area contributed by atoms with E-state index in [4.69, 9.17) is 9.47 Å². The topological polar surface area (TPSA) is 76.7 Å². The van der Waals surface area contributed by atoms with Crippen LogP contribution in [0.2, 0.25) is 0 Å². The van der Waals surface area contributed by atoms with Gasteiger partial charge in [-0.05, 0) is 31.0 Å². The van der Waals surface area contributed by atoms with Gasteiger partial charge in [-0.2, -0.15) is 0 Å². The lowest BCUT2D eigenvalue weighted by Gasteiger charge is -2.21. The van der Waals surface area contributed by atoms with E-state index in [1.54, 1.807) is 0 Å². The van der Waals surface area contributed by atoms with Crippen LogP contribution in [0.15, 0.2) is 42.5 Å². The third-order valence-electron chi connectivity index (χ3n) is 4.16. The number of rotatable bonds is 8. The average molecular weight is 391 g/mol. The van der Waals surface area contributed by atoms with Gasteiger partial charge >= 0.3 is 0 Å². The van der Waals surface area contributed by atoms with Gasteiger partial charge in [-0.3, -0.25) is 0 Å². The highest BCUT2D eigenvalue weighted by Gasteiger charge is 2.17. The Balaban J connectivity index is 1.66. The predicted octanol–water partition coefficient (Wildman–Crippen LogP) is 2.58. The summed E-state index contributed by atoms with van der Waals surface area (Å²) >= 11 is 0. The Hall–Kier alpha value is -2.09. The first-order chi connectivity index (χ1) is 12.9. The van der Waals surface area contributed by atoms with E-state index in [2.05, 4.69) is 10.0 Å². The lowest BCUT2D eigenvalue weighted by molar-refractivity contribution is 0.169. The van der Waals surface area contributed by atoms with Crippen molar-refractivity contribution in [2.75, 3.05) is 13.2 Å². The minimum Gasteiger partial charge on any atom is -0.486 e. The fourth-order valence-electron chi connectivity index (χ4n) is 3.08. The van der Waals surface area contributed by atoms with Crippen LogP contribution in [0.5, 0.6) is 11.5 Å². The van der Waals surface area contributed by atoms with Crippen molar-refractivity contribution in [3.63, 3.8) is 0 Å². The molecule has 7 heteroatoms. The smallest absolute Gasteiger partial charge is 0.216 e. The summed E-state index contributed by atoms with van der Waals surface area (Å²) < 4.78 is 38.5. The van der Waals surface area contributed by atoms with Crippen LogP contribution < -0.4 is 19.5 Å². The predicted molar refractivity (Wildman–Crippen MR) is 105 cm³/mol. The molecule has 0 aromatic heterocycles. The lowest BCUT2D eigenvalue weighted by atomic mass is 10.1. The molecular formula is C20H26N2O4S. The SMILES string of the molecule is CC(C)NS(=O)(=O)Cc1ccccc1CNCc1cccc2c1OCCO2. The molecule has 1 heterocycles. The average Bonchev–Trinajstić information content (AvgIpc) is 2.62. The van der Waals surface area contributed by atoms with E-state index < -0.39 is 10.0 Å². The summed E-state index contributed by atoms with van der Waals surface area (Å²) in [5.41, 5.74) is 2.79. The van der Waals surface area contributed by atoms with Crippen LogP contribution in [0.25, 0.3) is 0 Å². The normalized spacial score (nSPS) is 13.7. The van der Waals surface area contributed by atoms with Crippen molar-refractivity contribution in [3.05, 3.63) is 59.2 Å². The first-order valence-electron chi connectivity index (χ1n) is 9.09. The summed E-state index contributed by atoms with van der Waals surface area (Å²) in [7, 11) is -3.36. The van der Waals surface area contributed by atoms with E-state index in [0.717, 1.165) is 28.2 Å². The zero-order valence-electron chi connectivity index (χ0n) is 15.7. The third kappa shape index (κ3) is 5.45. The second-order valence-corrected chi connectivity index (χ2v) is 8.60. The second-order valence-electron chi connectivity index (χ2n) is 6.85. The fourth-order valence-corrected chi connectivity index (χ4v) is 4.57. The number of nitrogens with one attached hydrogen (secondary N) is 2. The van der Waals surface area contributed by atoms with Gasteiger partial charge in [-0.15, -0.1) is 0 Å². The quantitative estimate of drug-likeness (QED) is 0.725. The first kappa shape index (κ1) is 19.7. The summed E-state index contributed by atoms with van der Waals surface area (Å²) in [4.78, 5) is 0. The highest BCUT2D eigenvalue weighted by atomic mass is 32.2. The van der Waals surface area contributed by atoms with Crippen molar-refractivity contribution in [1.82, 2.24) is 10.0 Å². The van der Waals surface area contributed by atoms with Crippen LogP contribution in [-0.2, 0) is 28.9 Å². The zero-order chi connectivity index (χ0) is 19.3. The largest absolute Gasteiger partial charge is 0.486 e. The van der Waals surface area contributed by atoms with Gasteiger partial charge in [-0.1, -0.05) is 36.4 Å². The Labute approximate surface area is 160 Å². The maximum Gasteiger partial charge on any atom is 0.216 e. The maximum atomic E-state index is 12.3. The molecule has 0 saturated heterocycles. The number of ether oxygens (including phenoxy) is 2. The molecule has 1 aliphatic heterocycles. The van der Waals surface area contributed by atoms with E-state index in [0.29, 0.717) is 26.3 Å². The summed E-state index contributed by atoms with van der Waals surface area (Å²) in [6.07, 6.45) is 0. The van der Waals surface area contributed by atoms with E-state index in [1.165, 1.54) is 0 Å². The van der Waals surface area contributed by atoms with Crippen molar-refractivity contribution in [2.45, 2.75) is 38.7 Å². The molecule has 0 saturated carbocycles. The van der Waals surface area contributed by atoms with Crippen LogP contribution in [0.3, 0.4) is 0 Å². The van der Waals surface area contributed by atoms with E-state index in [1.807, 2.05) is 56.3 Å².